The van der Waals surface area contributed by atoms with Crippen LogP contribution in [-0.4, -0.2) is 26.9 Å². The smallest absolute Gasteiger partial charge is 0.183 e. The van der Waals surface area contributed by atoms with E-state index in [1.54, 1.807) is 13.0 Å². The van der Waals surface area contributed by atoms with Gasteiger partial charge in [-0.1, -0.05) is 23.7 Å². The second kappa shape index (κ2) is 6.99. The van der Waals surface area contributed by atoms with Gasteiger partial charge in [0.1, 0.15) is 11.2 Å². The Balaban J connectivity index is 2.07. The van der Waals surface area contributed by atoms with Crippen LogP contribution in [-0.2, 0) is 14.6 Å². The fourth-order valence-corrected chi connectivity index (χ4v) is 5.85. The second-order valence-electron chi connectivity index (χ2n) is 6.24. The Labute approximate surface area is 157 Å². The van der Waals surface area contributed by atoms with Crippen LogP contribution >= 0.6 is 11.6 Å². The van der Waals surface area contributed by atoms with E-state index < -0.39 is 32.2 Å². The molecule has 0 saturated heterocycles. The van der Waals surface area contributed by atoms with Crippen molar-refractivity contribution >= 4 is 21.4 Å². The summed E-state index contributed by atoms with van der Waals surface area (Å²) in [6.07, 6.45) is 0. The summed E-state index contributed by atoms with van der Waals surface area (Å²) in [4.78, 5) is 0.0851. The average molecular weight is 394 g/mol. The lowest BCUT2D eigenvalue weighted by Gasteiger charge is -2.09. The van der Waals surface area contributed by atoms with E-state index in [0.29, 0.717) is 17.2 Å². The molecule has 0 radical (unpaired) electrons. The number of rotatable bonds is 6. The molecule has 1 aliphatic rings. The molecule has 4 nitrogen and oxygen atoms in total. The highest BCUT2D eigenvalue weighted by molar-refractivity contribution is 7.92. The molecule has 0 N–H and O–H groups in total. The van der Waals surface area contributed by atoms with E-state index in [4.69, 9.17) is 16.3 Å². The number of nitriles is 1. The van der Waals surface area contributed by atoms with Crippen molar-refractivity contribution in [1.82, 2.24) is 0 Å². The second-order valence-corrected chi connectivity index (χ2v) is 8.75. The first-order chi connectivity index (χ1) is 12.4. The van der Waals surface area contributed by atoms with Crippen molar-refractivity contribution in [3.05, 3.63) is 64.9 Å². The Morgan fingerprint density at radius 2 is 1.96 bits per heavy atom. The first kappa shape index (κ1) is 18.8. The first-order valence-electron chi connectivity index (χ1n) is 8.10. The summed E-state index contributed by atoms with van der Waals surface area (Å²) in [5.41, 5.74) is -0.767. The summed E-state index contributed by atoms with van der Waals surface area (Å²) in [5, 5.41) is 9.21. The van der Waals surface area contributed by atoms with E-state index in [1.165, 1.54) is 42.5 Å². The van der Waals surface area contributed by atoms with Gasteiger partial charge in [-0.15, -0.1) is 0 Å². The number of hydrogen-bond acceptors (Lipinski definition) is 4. The van der Waals surface area contributed by atoms with Gasteiger partial charge in [0.25, 0.3) is 0 Å². The fourth-order valence-electron chi connectivity index (χ4n) is 3.41. The third kappa shape index (κ3) is 3.11. The zero-order valence-corrected chi connectivity index (χ0v) is 15.6. The number of benzene rings is 2. The molecule has 0 amide bonds. The van der Waals surface area contributed by atoms with Crippen LogP contribution in [0.15, 0.2) is 53.4 Å². The van der Waals surface area contributed by atoms with Crippen LogP contribution in [0.1, 0.15) is 18.4 Å². The van der Waals surface area contributed by atoms with Gasteiger partial charge in [0, 0.05) is 17.5 Å². The summed E-state index contributed by atoms with van der Waals surface area (Å²) in [6.45, 7) is 2.10. The highest BCUT2D eigenvalue weighted by atomic mass is 35.5. The van der Waals surface area contributed by atoms with Crippen LogP contribution < -0.4 is 0 Å². The lowest BCUT2D eigenvalue weighted by molar-refractivity contribution is 0.117. The van der Waals surface area contributed by atoms with E-state index >= 15 is 0 Å². The Bertz CT molecular complexity index is 955. The fraction of sp³-hybridized carbons (Fsp3) is 0.316. The van der Waals surface area contributed by atoms with Gasteiger partial charge in [0.15, 0.2) is 9.84 Å². The summed E-state index contributed by atoms with van der Waals surface area (Å²) < 4.78 is 45.4. The predicted octanol–water partition coefficient (Wildman–Crippen LogP) is 3.97. The topological polar surface area (TPSA) is 67.2 Å². The van der Waals surface area contributed by atoms with Crippen molar-refractivity contribution in [3.8, 4) is 6.07 Å². The maximum atomic E-state index is 13.7. The molecule has 0 unspecified atom stereocenters. The largest absolute Gasteiger partial charge is 0.380 e. The maximum absolute atomic E-state index is 13.7. The van der Waals surface area contributed by atoms with Crippen molar-refractivity contribution in [1.29, 1.82) is 5.26 Å². The summed E-state index contributed by atoms with van der Waals surface area (Å²) in [7, 11) is -3.83. The molecule has 0 bridgehead atoms. The molecule has 1 saturated carbocycles. The van der Waals surface area contributed by atoms with Gasteiger partial charge in [-0.25, -0.2) is 12.8 Å². The molecule has 1 fully saturated rings. The molecule has 3 rings (SSSR count). The normalized spacial score (nSPS) is 24.8. The molecular weight excluding hydrogens is 377 g/mol. The van der Waals surface area contributed by atoms with Crippen LogP contribution in [0.2, 0.25) is 5.02 Å². The van der Waals surface area contributed by atoms with Gasteiger partial charge in [-0.3, -0.25) is 0 Å². The maximum Gasteiger partial charge on any atom is 0.183 e. The minimum Gasteiger partial charge on any atom is -0.380 e. The van der Waals surface area contributed by atoms with Crippen molar-refractivity contribution in [3.63, 3.8) is 0 Å². The molecule has 2 aromatic rings. The van der Waals surface area contributed by atoms with Gasteiger partial charge >= 0.3 is 0 Å². The lowest BCUT2D eigenvalue weighted by atomic mass is 10.0. The third-order valence-electron chi connectivity index (χ3n) is 4.69. The highest BCUT2D eigenvalue weighted by Gasteiger charge is 2.72. The molecule has 26 heavy (non-hydrogen) atoms. The third-order valence-corrected chi connectivity index (χ3v) is 7.24. The van der Waals surface area contributed by atoms with E-state index in [1.807, 2.05) is 0 Å². The first-order valence-corrected chi connectivity index (χ1v) is 10.0. The van der Waals surface area contributed by atoms with E-state index in [2.05, 4.69) is 6.07 Å². The standard InChI is InChI=1S/C19H17ClFNO3S/c1-2-25-12-19(11-22)17(13-4-3-5-15(21)10-13)18(19)26(23,24)16-8-6-14(20)7-9-16/h3-10,17-18H,2,12H2,1H3/t17-,18+,19+/m0/s1. The number of halogens is 2. The Hall–Kier alpha value is -1.94. The lowest BCUT2D eigenvalue weighted by Crippen LogP contribution is -2.19. The molecule has 136 valence electrons. The molecule has 0 spiro atoms. The molecular formula is C19H17ClFNO3S. The van der Waals surface area contributed by atoms with Gasteiger partial charge in [0.2, 0.25) is 0 Å². The van der Waals surface area contributed by atoms with E-state index in [-0.39, 0.29) is 11.5 Å². The summed E-state index contributed by atoms with van der Waals surface area (Å²) in [5.74, 6) is -1.13. The molecule has 0 aliphatic heterocycles. The van der Waals surface area contributed by atoms with Crippen molar-refractivity contribution in [2.75, 3.05) is 13.2 Å². The van der Waals surface area contributed by atoms with Gasteiger partial charge in [-0.2, -0.15) is 5.26 Å². The van der Waals surface area contributed by atoms with Crippen LogP contribution in [0.4, 0.5) is 4.39 Å². The van der Waals surface area contributed by atoms with E-state index in [9.17, 15) is 18.1 Å². The van der Waals surface area contributed by atoms with Crippen molar-refractivity contribution in [2.45, 2.75) is 23.0 Å². The Kier molecular flexibility index (Phi) is 5.07. The monoisotopic (exact) mass is 393 g/mol. The minimum absolute atomic E-state index is 0.0291. The van der Waals surface area contributed by atoms with Gasteiger partial charge in [-0.05, 0) is 48.9 Å². The number of sulfone groups is 1. The van der Waals surface area contributed by atoms with Crippen LogP contribution in [0.3, 0.4) is 0 Å². The van der Waals surface area contributed by atoms with Gasteiger partial charge < -0.3 is 4.74 Å². The number of nitrogens with zero attached hydrogens (tertiary/aromatic N) is 1. The molecule has 1 aliphatic carbocycles. The van der Waals surface area contributed by atoms with Crippen LogP contribution in [0, 0.1) is 22.6 Å². The zero-order valence-electron chi connectivity index (χ0n) is 14.0. The molecule has 2 aromatic carbocycles. The predicted molar refractivity (Wildman–Crippen MR) is 96.1 cm³/mol. The molecule has 3 atom stereocenters. The van der Waals surface area contributed by atoms with Crippen LogP contribution in [0.25, 0.3) is 0 Å². The quantitative estimate of drug-likeness (QED) is 0.744. The Morgan fingerprint density at radius 1 is 1.27 bits per heavy atom. The number of ether oxygens (including phenoxy) is 1. The highest BCUT2D eigenvalue weighted by Crippen LogP contribution is 2.64. The van der Waals surface area contributed by atoms with Crippen molar-refractivity contribution in [2.24, 2.45) is 5.41 Å². The zero-order chi connectivity index (χ0) is 18.9. The minimum atomic E-state index is -3.83. The molecule has 0 aromatic heterocycles. The molecule has 0 heterocycles. The van der Waals surface area contributed by atoms with Crippen molar-refractivity contribution < 1.29 is 17.5 Å². The summed E-state index contributed by atoms with van der Waals surface area (Å²) in [6, 6.07) is 13.7. The van der Waals surface area contributed by atoms with E-state index in [0.717, 1.165) is 0 Å². The van der Waals surface area contributed by atoms with Gasteiger partial charge in [0.05, 0.1) is 22.8 Å². The Morgan fingerprint density at radius 3 is 2.54 bits per heavy atom. The SMILES string of the molecule is CCOC[C@@]1(C#N)[C@H](S(=O)(=O)c2ccc(Cl)cc2)[C@@H]1c1cccc(F)c1. The van der Waals surface area contributed by atoms with Crippen LogP contribution in [0.5, 0.6) is 0 Å². The molecule has 7 heteroatoms. The average Bonchev–Trinajstić information content (AvgIpc) is 3.31. The number of hydrogen-bond donors (Lipinski definition) is 0. The summed E-state index contributed by atoms with van der Waals surface area (Å²) >= 11 is 5.84.